The number of carbonyl (C=O) groups is 2. The molecule has 1 atom stereocenters. The molecule has 1 aromatic carbocycles. The Morgan fingerprint density at radius 1 is 1.30 bits per heavy atom. The number of nitrogens with one attached hydrogen (secondary N) is 2. The minimum absolute atomic E-state index is 0.0174. The van der Waals surface area contributed by atoms with Crippen LogP contribution in [0, 0.1) is 6.92 Å². The van der Waals surface area contributed by atoms with Crippen LogP contribution >= 0.6 is 11.3 Å². The van der Waals surface area contributed by atoms with Crippen molar-refractivity contribution >= 4 is 39.1 Å². The molecule has 158 valence electrons. The van der Waals surface area contributed by atoms with Crippen LogP contribution in [-0.4, -0.2) is 40.0 Å². The molecule has 3 rings (SSSR count). The van der Waals surface area contributed by atoms with E-state index in [1.54, 1.807) is 19.9 Å². The highest BCUT2D eigenvalue weighted by Crippen LogP contribution is 2.27. The lowest BCUT2D eigenvalue weighted by atomic mass is 10.1. The second kappa shape index (κ2) is 9.08. The molecule has 2 aromatic heterocycles. The highest BCUT2D eigenvalue weighted by atomic mass is 32.1. The Bertz CT molecular complexity index is 1140. The van der Waals surface area contributed by atoms with Gasteiger partial charge < -0.3 is 20.3 Å². The van der Waals surface area contributed by atoms with E-state index >= 15 is 0 Å². The van der Waals surface area contributed by atoms with Gasteiger partial charge in [-0.1, -0.05) is 6.07 Å². The van der Waals surface area contributed by atoms with Gasteiger partial charge in [0.15, 0.2) is 0 Å². The Morgan fingerprint density at radius 2 is 2.07 bits per heavy atom. The molecule has 9 heteroatoms. The van der Waals surface area contributed by atoms with Gasteiger partial charge in [-0.05, 0) is 50.1 Å². The Hall–Kier alpha value is -3.20. The molecule has 8 nitrogen and oxygen atoms in total. The maximum Gasteiger partial charge on any atom is 0.303 e. The SMILES string of the molecule is Cc1nc2ccc(CN(C)c3ccc(C(=O)NC(C)CCC(=O)O)s3)cc2c(=O)[nH]1. The van der Waals surface area contributed by atoms with E-state index in [1.807, 2.05) is 36.2 Å². The predicted octanol–water partition coefficient (Wildman–Crippen LogP) is 2.91. The lowest BCUT2D eigenvalue weighted by Gasteiger charge is -2.17. The molecule has 0 aliphatic rings. The zero-order valence-corrected chi connectivity index (χ0v) is 17.9. The van der Waals surface area contributed by atoms with Crippen molar-refractivity contribution < 1.29 is 14.7 Å². The van der Waals surface area contributed by atoms with Crippen LogP contribution in [0.4, 0.5) is 5.00 Å². The summed E-state index contributed by atoms with van der Waals surface area (Å²) in [7, 11) is 1.92. The highest BCUT2D eigenvalue weighted by molar-refractivity contribution is 7.17. The summed E-state index contributed by atoms with van der Waals surface area (Å²) >= 11 is 1.36. The molecule has 0 aliphatic heterocycles. The number of carboxylic acids is 1. The van der Waals surface area contributed by atoms with E-state index in [1.165, 1.54) is 11.3 Å². The summed E-state index contributed by atoms with van der Waals surface area (Å²) in [5.74, 6) is -0.506. The van der Waals surface area contributed by atoms with E-state index in [0.717, 1.165) is 10.6 Å². The standard InChI is InChI=1S/C21H24N4O4S/c1-12(4-9-19(26)27)22-21(29)17-7-8-18(30-17)25(3)11-14-5-6-16-15(10-14)20(28)24-13(2)23-16/h5-8,10,12H,4,9,11H2,1-3H3,(H,22,29)(H,26,27)(H,23,24,28). The number of H-pyrrole nitrogens is 1. The molecule has 0 bridgehead atoms. The van der Waals surface area contributed by atoms with Gasteiger partial charge in [0.05, 0.1) is 20.8 Å². The van der Waals surface area contributed by atoms with Gasteiger partial charge in [0.2, 0.25) is 0 Å². The number of aliphatic carboxylic acids is 1. The molecule has 1 unspecified atom stereocenters. The van der Waals surface area contributed by atoms with Crippen LogP contribution in [0.1, 0.15) is 40.8 Å². The molecule has 3 aromatic rings. The van der Waals surface area contributed by atoms with E-state index in [-0.39, 0.29) is 23.9 Å². The molecular formula is C21H24N4O4S. The molecule has 0 saturated heterocycles. The average molecular weight is 429 g/mol. The van der Waals surface area contributed by atoms with E-state index in [0.29, 0.717) is 34.6 Å². The summed E-state index contributed by atoms with van der Waals surface area (Å²) in [6.45, 7) is 4.11. The van der Waals surface area contributed by atoms with Crippen molar-refractivity contribution in [1.29, 1.82) is 0 Å². The largest absolute Gasteiger partial charge is 0.481 e. The lowest BCUT2D eigenvalue weighted by Crippen LogP contribution is -2.32. The molecule has 0 fully saturated rings. The Labute approximate surface area is 177 Å². The first-order valence-electron chi connectivity index (χ1n) is 9.56. The molecular weight excluding hydrogens is 404 g/mol. The predicted molar refractivity (Wildman–Crippen MR) is 117 cm³/mol. The number of benzene rings is 1. The van der Waals surface area contributed by atoms with Crippen LogP contribution in [-0.2, 0) is 11.3 Å². The number of hydrogen-bond acceptors (Lipinski definition) is 6. The van der Waals surface area contributed by atoms with Gasteiger partial charge in [-0.3, -0.25) is 14.4 Å². The monoisotopic (exact) mass is 428 g/mol. The number of amides is 1. The fraction of sp³-hybridized carbons (Fsp3) is 0.333. The van der Waals surface area contributed by atoms with Gasteiger partial charge in [-0.2, -0.15) is 0 Å². The molecule has 2 heterocycles. The molecule has 0 radical (unpaired) electrons. The Kier molecular flexibility index (Phi) is 6.51. The number of rotatable bonds is 8. The number of nitrogens with zero attached hydrogens (tertiary/aromatic N) is 2. The maximum absolute atomic E-state index is 12.4. The van der Waals surface area contributed by atoms with E-state index < -0.39 is 5.97 Å². The number of aromatic amines is 1. The van der Waals surface area contributed by atoms with Crippen molar-refractivity contribution in [2.24, 2.45) is 0 Å². The van der Waals surface area contributed by atoms with Crippen molar-refractivity contribution in [2.75, 3.05) is 11.9 Å². The average Bonchev–Trinajstić information content (AvgIpc) is 3.17. The Balaban J connectivity index is 1.67. The molecule has 0 saturated carbocycles. The van der Waals surface area contributed by atoms with Crippen molar-refractivity contribution in [1.82, 2.24) is 15.3 Å². The van der Waals surface area contributed by atoms with Crippen molar-refractivity contribution in [3.63, 3.8) is 0 Å². The quantitative estimate of drug-likeness (QED) is 0.508. The number of hydrogen-bond donors (Lipinski definition) is 3. The van der Waals surface area contributed by atoms with Gasteiger partial charge in [-0.15, -0.1) is 11.3 Å². The fourth-order valence-electron chi connectivity index (χ4n) is 3.11. The third-order valence-corrected chi connectivity index (χ3v) is 5.87. The second-order valence-corrected chi connectivity index (χ2v) is 8.37. The minimum Gasteiger partial charge on any atom is -0.481 e. The molecule has 0 aliphatic carbocycles. The van der Waals surface area contributed by atoms with Gasteiger partial charge in [0.1, 0.15) is 5.82 Å². The van der Waals surface area contributed by atoms with Crippen LogP contribution in [0.25, 0.3) is 10.9 Å². The zero-order chi connectivity index (χ0) is 21.8. The van der Waals surface area contributed by atoms with Crippen molar-refractivity contribution in [3.8, 4) is 0 Å². The van der Waals surface area contributed by atoms with E-state index in [9.17, 15) is 14.4 Å². The summed E-state index contributed by atoms with van der Waals surface area (Å²) in [5.41, 5.74) is 1.46. The number of carboxylic acid groups (broad SMARTS) is 1. The molecule has 30 heavy (non-hydrogen) atoms. The first-order chi connectivity index (χ1) is 14.2. The number of anilines is 1. The summed E-state index contributed by atoms with van der Waals surface area (Å²) in [6.07, 6.45) is 0.401. The van der Waals surface area contributed by atoms with E-state index in [2.05, 4.69) is 15.3 Å². The summed E-state index contributed by atoms with van der Waals surface area (Å²) in [5, 5.41) is 13.0. The smallest absolute Gasteiger partial charge is 0.303 e. The fourth-order valence-corrected chi connectivity index (χ4v) is 3.98. The molecule has 0 spiro atoms. The van der Waals surface area contributed by atoms with Gasteiger partial charge in [-0.25, -0.2) is 4.98 Å². The number of carbonyl (C=O) groups excluding carboxylic acids is 1. The highest BCUT2D eigenvalue weighted by Gasteiger charge is 2.15. The summed E-state index contributed by atoms with van der Waals surface area (Å²) in [6, 6.07) is 9.03. The zero-order valence-electron chi connectivity index (χ0n) is 17.1. The van der Waals surface area contributed by atoms with Crippen molar-refractivity contribution in [3.05, 3.63) is 57.0 Å². The number of aryl methyl sites for hydroxylation is 1. The van der Waals surface area contributed by atoms with Gasteiger partial charge in [0, 0.05) is 26.1 Å². The third-order valence-electron chi connectivity index (χ3n) is 4.67. The lowest BCUT2D eigenvalue weighted by molar-refractivity contribution is -0.137. The normalized spacial score (nSPS) is 12.0. The van der Waals surface area contributed by atoms with Gasteiger partial charge >= 0.3 is 5.97 Å². The second-order valence-electron chi connectivity index (χ2n) is 7.30. The summed E-state index contributed by atoms with van der Waals surface area (Å²) < 4.78 is 0. The topological polar surface area (TPSA) is 115 Å². The van der Waals surface area contributed by atoms with Crippen LogP contribution in [0.15, 0.2) is 35.1 Å². The first-order valence-corrected chi connectivity index (χ1v) is 10.4. The van der Waals surface area contributed by atoms with Crippen LogP contribution in [0.3, 0.4) is 0 Å². The maximum atomic E-state index is 12.4. The molecule has 3 N–H and O–H groups in total. The minimum atomic E-state index is -0.877. The van der Waals surface area contributed by atoms with Crippen molar-refractivity contribution in [2.45, 2.75) is 39.3 Å². The van der Waals surface area contributed by atoms with Crippen LogP contribution < -0.4 is 15.8 Å². The number of thiophene rings is 1. The van der Waals surface area contributed by atoms with Crippen LogP contribution in [0.2, 0.25) is 0 Å². The first kappa shape index (κ1) is 21.5. The molecule has 1 amide bonds. The summed E-state index contributed by atoms with van der Waals surface area (Å²) in [4.78, 5) is 44.8. The Morgan fingerprint density at radius 3 is 2.80 bits per heavy atom. The van der Waals surface area contributed by atoms with Crippen LogP contribution in [0.5, 0.6) is 0 Å². The van der Waals surface area contributed by atoms with Gasteiger partial charge in [0.25, 0.3) is 11.5 Å². The third kappa shape index (κ3) is 5.24. The van der Waals surface area contributed by atoms with E-state index in [4.69, 9.17) is 5.11 Å². The number of fused-ring (bicyclic) bond motifs is 1. The number of aromatic nitrogens is 2.